The molecule has 0 aliphatic carbocycles. The lowest BCUT2D eigenvalue weighted by Gasteiger charge is -2.12. The quantitative estimate of drug-likeness (QED) is 0.153. The lowest BCUT2D eigenvalue weighted by atomic mass is 9.97. The maximum absolute atomic E-state index is 13.9. The Hall–Kier alpha value is -1.66. The summed E-state index contributed by atoms with van der Waals surface area (Å²) in [5.74, 6) is 5.33. The summed E-state index contributed by atoms with van der Waals surface area (Å²) in [5, 5.41) is 3.24. The van der Waals surface area contributed by atoms with Gasteiger partial charge in [-0.25, -0.2) is 4.39 Å². The minimum atomic E-state index is -0.0600. The van der Waals surface area contributed by atoms with Crippen LogP contribution in [0.15, 0.2) is 40.4 Å². The zero-order chi connectivity index (χ0) is 18.5. The van der Waals surface area contributed by atoms with E-state index in [4.69, 9.17) is 11.6 Å². The van der Waals surface area contributed by atoms with Gasteiger partial charge in [-0.05, 0) is 24.8 Å². The number of halogens is 1. The van der Waals surface area contributed by atoms with E-state index in [2.05, 4.69) is 21.8 Å². The Balaban J connectivity index is 4.34. The summed E-state index contributed by atoms with van der Waals surface area (Å²) in [6.45, 7) is 8.99. The van der Waals surface area contributed by atoms with Gasteiger partial charge in [-0.2, -0.15) is 0 Å². The van der Waals surface area contributed by atoms with Crippen molar-refractivity contribution >= 4 is 5.71 Å². The molecule has 0 bridgehead atoms. The number of rotatable bonds is 11. The van der Waals surface area contributed by atoms with Crippen LogP contribution in [0.25, 0.3) is 0 Å². The monoisotopic (exact) mass is 339 g/mol. The highest BCUT2D eigenvalue weighted by Gasteiger charge is 2.10. The average Bonchev–Trinajstić information content (AvgIpc) is 2.58. The van der Waals surface area contributed by atoms with Gasteiger partial charge in [0.05, 0.1) is 5.70 Å². The number of nitrogens with zero attached hydrogens (tertiary/aromatic N) is 1. The summed E-state index contributed by atoms with van der Waals surface area (Å²) < 4.78 is 13.9. The first kappa shape index (κ1) is 22.3. The van der Waals surface area contributed by atoms with Crippen LogP contribution in [0.4, 0.5) is 4.39 Å². The third-order valence-corrected chi connectivity index (χ3v) is 3.95. The highest BCUT2D eigenvalue weighted by Crippen LogP contribution is 2.23. The lowest BCUT2D eigenvalue weighted by Crippen LogP contribution is -2.31. The molecule has 6 heteroatoms. The minimum absolute atomic E-state index is 0.0157. The molecule has 1 atom stereocenters. The molecule has 0 heterocycles. The van der Waals surface area contributed by atoms with Crippen LogP contribution in [0.5, 0.6) is 0 Å². The second-order valence-corrected chi connectivity index (χ2v) is 6.16. The Morgan fingerprint density at radius 3 is 2.46 bits per heavy atom. The molecule has 0 radical (unpaired) electrons. The molecular formula is C18H34FN5. The summed E-state index contributed by atoms with van der Waals surface area (Å²) in [6.07, 6.45) is 7.17. The Bertz CT molecular complexity index is 478. The van der Waals surface area contributed by atoms with Crippen LogP contribution in [0.1, 0.15) is 40.5 Å². The van der Waals surface area contributed by atoms with Crippen molar-refractivity contribution in [3.05, 3.63) is 35.4 Å². The van der Waals surface area contributed by atoms with Crippen molar-refractivity contribution < 1.29 is 4.39 Å². The molecule has 0 aromatic rings. The number of hydrogen-bond acceptors (Lipinski definition) is 5. The summed E-state index contributed by atoms with van der Waals surface area (Å²) in [6, 6.07) is 0. The van der Waals surface area contributed by atoms with Gasteiger partial charge in [0.25, 0.3) is 0 Å². The molecule has 24 heavy (non-hydrogen) atoms. The molecule has 1 unspecified atom stereocenters. The van der Waals surface area contributed by atoms with E-state index in [9.17, 15) is 4.39 Å². The van der Waals surface area contributed by atoms with E-state index in [0.717, 1.165) is 36.4 Å². The topological polar surface area (TPSA) is 88.5 Å². The standard InChI is InChI=1S/C18H34FN5/c1-13(2)18(19)15(4)14(3)7-6-8-16(22-5)9-10-23-12-17(11-20)24-21/h6-7,11,13-14,23-24H,8-10,12,20-21H2,1-5H3/b7-6-,17-11-,18-15-,22-16?. The van der Waals surface area contributed by atoms with Crippen LogP contribution < -0.4 is 22.3 Å². The first-order chi connectivity index (χ1) is 11.4. The maximum Gasteiger partial charge on any atom is 0.102 e. The van der Waals surface area contributed by atoms with Gasteiger partial charge >= 0.3 is 0 Å². The SMILES string of the molecule is CN=C(C/C=C\C(C)/C(C)=C(\F)C(C)C)CCNC/C(=C/N)NN. The molecule has 0 spiro atoms. The van der Waals surface area contributed by atoms with E-state index in [1.54, 1.807) is 7.05 Å². The van der Waals surface area contributed by atoms with Crippen molar-refractivity contribution in [2.24, 2.45) is 28.4 Å². The second kappa shape index (κ2) is 12.7. The van der Waals surface area contributed by atoms with E-state index in [0.29, 0.717) is 6.54 Å². The third kappa shape index (κ3) is 8.84. The molecule has 0 aliphatic rings. The third-order valence-electron chi connectivity index (χ3n) is 3.95. The molecule has 6 N–H and O–H groups in total. The number of nitrogens with one attached hydrogen (secondary N) is 2. The average molecular weight is 340 g/mol. The number of hydrogen-bond donors (Lipinski definition) is 4. The molecule has 0 rings (SSSR count). The summed E-state index contributed by atoms with van der Waals surface area (Å²) in [4.78, 5) is 4.31. The fourth-order valence-corrected chi connectivity index (χ4v) is 2.14. The zero-order valence-electron chi connectivity index (χ0n) is 15.7. The second-order valence-electron chi connectivity index (χ2n) is 6.16. The molecule has 0 saturated heterocycles. The van der Waals surface area contributed by atoms with E-state index in [1.165, 1.54) is 6.20 Å². The van der Waals surface area contributed by atoms with Crippen LogP contribution in [-0.4, -0.2) is 25.8 Å². The van der Waals surface area contributed by atoms with Gasteiger partial charge in [-0.3, -0.25) is 10.8 Å². The fourth-order valence-electron chi connectivity index (χ4n) is 2.14. The van der Waals surface area contributed by atoms with Gasteiger partial charge in [0.2, 0.25) is 0 Å². The van der Waals surface area contributed by atoms with Crippen molar-refractivity contribution in [3.8, 4) is 0 Å². The molecule has 138 valence electrons. The predicted octanol–water partition coefficient (Wildman–Crippen LogP) is 2.78. The summed E-state index contributed by atoms with van der Waals surface area (Å²) in [7, 11) is 1.79. The number of aliphatic imine (C=N–C) groups is 1. The van der Waals surface area contributed by atoms with Crippen LogP contribution in [0.2, 0.25) is 0 Å². The van der Waals surface area contributed by atoms with Crippen LogP contribution in [0.3, 0.4) is 0 Å². The Morgan fingerprint density at radius 2 is 1.96 bits per heavy atom. The summed E-state index contributed by atoms with van der Waals surface area (Å²) >= 11 is 0. The van der Waals surface area contributed by atoms with Gasteiger partial charge in [-0.1, -0.05) is 32.9 Å². The summed E-state index contributed by atoms with van der Waals surface area (Å²) in [5.41, 5.74) is 10.6. The van der Waals surface area contributed by atoms with Crippen LogP contribution >= 0.6 is 0 Å². The molecule has 0 saturated carbocycles. The van der Waals surface area contributed by atoms with Gasteiger partial charge < -0.3 is 16.5 Å². The molecular weight excluding hydrogens is 305 g/mol. The fraction of sp³-hybridized carbons (Fsp3) is 0.611. The minimum Gasteiger partial charge on any atom is -0.403 e. The Morgan fingerprint density at radius 1 is 1.29 bits per heavy atom. The van der Waals surface area contributed by atoms with Crippen molar-refractivity contribution in [1.82, 2.24) is 10.7 Å². The highest BCUT2D eigenvalue weighted by atomic mass is 19.1. The van der Waals surface area contributed by atoms with Crippen molar-refractivity contribution in [3.63, 3.8) is 0 Å². The predicted molar refractivity (Wildman–Crippen MR) is 102 cm³/mol. The Labute approximate surface area is 146 Å². The first-order valence-corrected chi connectivity index (χ1v) is 8.42. The first-order valence-electron chi connectivity index (χ1n) is 8.42. The smallest absolute Gasteiger partial charge is 0.102 e. The maximum atomic E-state index is 13.9. The van der Waals surface area contributed by atoms with E-state index >= 15 is 0 Å². The molecule has 0 aromatic carbocycles. The van der Waals surface area contributed by atoms with Crippen molar-refractivity contribution in [1.29, 1.82) is 0 Å². The number of nitrogens with two attached hydrogens (primary N) is 2. The van der Waals surface area contributed by atoms with Gasteiger partial charge in [0, 0.05) is 44.4 Å². The normalized spacial score (nSPS) is 15.8. The van der Waals surface area contributed by atoms with E-state index < -0.39 is 0 Å². The largest absolute Gasteiger partial charge is 0.403 e. The molecule has 5 nitrogen and oxygen atoms in total. The van der Waals surface area contributed by atoms with Crippen LogP contribution in [-0.2, 0) is 0 Å². The lowest BCUT2D eigenvalue weighted by molar-refractivity contribution is 0.498. The Kier molecular flexibility index (Phi) is 11.8. The van der Waals surface area contributed by atoms with Crippen LogP contribution in [0, 0.1) is 11.8 Å². The number of allylic oxidation sites excluding steroid dienone is 4. The van der Waals surface area contributed by atoms with Gasteiger partial charge in [-0.15, -0.1) is 0 Å². The van der Waals surface area contributed by atoms with Crippen molar-refractivity contribution in [2.45, 2.75) is 40.5 Å². The number of hydrazine groups is 1. The molecule has 0 fully saturated rings. The van der Waals surface area contributed by atoms with Crippen molar-refractivity contribution in [2.75, 3.05) is 20.1 Å². The van der Waals surface area contributed by atoms with Gasteiger partial charge in [0.1, 0.15) is 5.83 Å². The van der Waals surface area contributed by atoms with E-state index in [-0.39, 0.29) is 17.7 Å². The molecule has 0 amide bonds. The van der Waals surface area contributed by atoms with E-state index in [1.807, 2.05) is 33.8 Å². The zero-order valence-corrected chi connectivity index (χ0v) is 15.7. The highest BCUT2D eigenvalue weighted by molar-refractivity contribution is 5.85. The van der Waals surface area contributed by atoms with Gasteiger partial charge in [0.15, 0.2) is 0 Å². The molecule has 0 aromatic heterocycles. The molecule has 0 aliphatic heterocycles.